The van der Waals surface area contributed by atoms with E-state index >= 15 is 0 Å². The average molecular weight is 199 g/mol. The van der Waals surface area contributed by atoms with Gasteiger partial charge in [0.15, 0.2) is 0 Å². The summed E-state index contributed by atoms with van der Waals surface area (Å²) in [6.45, 7) is 5.56. The molecular weight excluding hydrogens is 174 g/mol. The minimum Gasteiger partial charge on any atom is -0.392 e. The molecule has 0 radical (unpaired) electrons. The van der Waals surface area contributed by atoms with E-state index in [4.69, 9.17) is 0 Å². The molecule has 2 atom stereocenters. The Kier molecular flexibility index (Phi) is 5.49. The maximum Gasteiger partial charge on any atom is 0.0693 e. The van der Waals surface area contributed by atoms with Crippen molar-refractivity contribution in [2.75, 3.05) is 6.54 Å². The maximum atomic E-state index is 9.76. The van der Waals surface area contributed by atoms with Crippen molar-refractivity contribution >= 4 is 0 Å². The molecule has 0 amide bonds. The van der Waals surface area contributed by atoms with E-state index in [1.165, 1.54) is 25.7 Å². The second kappa shape index (κ2) is 6.41. The number of aliphatic hydroxyl groups excluding tert-OH is 1. The molecule has 0 saturated heterocycles. The minimum absolute atomic E-state index is 0.0990. The first-order valence-corrected chi connectivity index (χ1v) is 6.19. The fourth-order valence-electron chi connectivity index (χ4n) is 2.24. The number of hydrogen-bond acceptors (Lipinski definition) is 2. The normalized spacial score (nSPS) is 28.3. The van der Waals surface area contributed by atoms with E-state index in [-0.39, 0.29) is 6.10 Å². The summed E-state index contributed by atoms with van der Waals surface area (Å²) in [6.07, 6.45) is 7.00. The molecule has 2 nitrogen and oxygen atoms in total. The summed E-state index contributed by atoms with van der Waals surface area (Å²) < 4.78 is 0. The molecule has 2 N–H and O–H groups in total. The van der Waals surface area contributed by atoms with Gasteiger partial charge < -0.3 is 10.4 Å². The molecule has 14 heavy (non-hydrogen) atoms. The molecule has 1 aliphatic rings. The Hall–Kier alpha value is -0.0800. The first-order chi connectivity index (χ1) is 6.77. The van der Waals surface area contributed by atoms with Crippen LogP contribution < -0.4 is 5.32 Å². The van der Waals surface area contributed by atoms with Gasteiger partial charge >= 0.3 is 0 Å². The van der Waals surface area contributed by atoms with Crippen LogP contribution in [0, 0.1) is 5.92 Å². The van der Waals surface area contributed by atoms with E-state index in [0.717, 1.165) is 25.3 Å². The van der Waals surface area contributed by atoms with E-state index in [1.807, 2.05) is 0 Å². The van der Waals surface area contributed by atoms with Crippen LogP contribution in [-0.4, -0.2) is 23.8 Å². The Morgan fingerprint density at radius 1 is 1.21 bits per heavy atom. The molecule has 0 aromatic carbocycles. The molecule has 84 valence electrons. The summed E-state index contributed by atoms with van der Waals surface area (Å²) in [6, 6.07) is 0.365. The van der Waals surface area contributed by atoms with Crippen molar-refractivity contribution in [1.29, 1.82) is 0 Å². The van der Waals surface area contributed by atoms with Crippen molar-refractivity contribution < 1.29 is 5.11 Å². The van der Waals surface area contributed by atoms with Gasteiger partial charge in [0.25, 0.3) is 0 Å². The molecule has 1 rings (SSSR count). The second-order valence-corrected chi connectivity index (χ2v) is 4.55. The Bertz CT molecular complexity index is 145. The molecular formula is C12H25NO. The fraction of sp³-hybridized carbons (Fsp3) is 1.00. The van der Waals surface area contributed by atoms with E-state index in [2.05, 4.69) is 19.2 Å². The number of rotatable bonds is 5. The molecule has 0 aliphatic heterocycles. The van der Waals surface area contributed by atoms with Gasteiger partial charge in [0, 0.05) is 6.04 Å². The van der Waals surface area contributed by atoms with Crippen LogP contribution in [0.25, 0.3) is 0 Å². The molecule has 0 heterocycles. The third kappa shape index (κ3) is 3.58. The largest absolute Gasteiger partial charge is 0.392 e. The summed E-state index contributed by atoms with van der Waals surface area (Å²) in [5.74, 6) is 0.782. The lowest BCUT2D eigenvalue weighted by molar-refractivity contribution is 0.0886. The predicted octanol–water partition coefficient (Wildman–Crippen LogP) is 2.32. The van der Waals surface area contributed by atoms with Gasteiger partial charge in [-0.05, 0) is 25.3 Å². The summed E-state index contributed by atoms with van der Waals surface area (Å²) >= 11 is 0. The smallest absolute Gasteiger partial charge is 0.0693 e. The highest BCUT2D eigenvalue weighted by Crippen LogP contribution is 2.18. The first kappa shape index (κ1) is 12.0. The topological polar surface area (TPSA) is 32.3 Å². The van der Waals surface area contributed by atoms with Crippen LogP contribution in [0.4, 0.5) is 0 Å². The highest BCUT2D eigenvalue weighted by atomic mass is 16.3. The zero-order valence-corrected chi connectivity index (χ0v) is 9.63. The molecule has 1 fully saturated rings. The molecule has 0 bridgehead atoms. The third-order valence-electron chi connectivity index (χ3n) is 3.55. The van der Waals surface area contributed by atoms with Gasteiger partial charge in [-0.15, -0.1) is 0 Å². The van der Waals surface area contributed by atoms with Crippen LogP contribution in [0.5, 0.6) is 0 Å². The van der Waals surface area contributed by atoms with Gasteiger partial charge in [-0.3, -0.25) is 0 Å². The maximum absolute atomic E-state index is 9.76. The summed E-state index contributed by atoms with van der Waals surface area (Å²) in [4.78, 5) is 0. The van der Waals surface area contributed by atoms with Gasteiger partial charge in [-0.2, -0.15) is 0 Å². The van der Waals surface area contributed by atoms with Crippen LogP contribution in [0.1, 0.15) is 52.4 Å². The highest BCUT2D eigenvalue weighted by Gasteiger charge is 2.22. The van der Waals surface area contributed by atoms with Gasteiger partial charge in [-0.1, -0.05) is 39.5 Å². The molecule has 0 aromatic rings. The Morgan fingerprint density at radius 3 is 2.43 bits per heavy atom. The monoisotopic (exact) mass is 199 g/mol. The zero-order valence-electron chi connectivity index (χ0n) is 9.63. The predicted molar refractivity (Wildman–Crippen MR) is 60.3 cm³/mol. The van der Waals surface area contributed by atoms with Crippen molar-refractivity contribution in [1.82, 2.24) is 5.32 Å². The number of hydrogen-bond donors (Lipinski definition) is 2. The van der Waals surface area contributed by atoms with E-state index in [1.54, 1.807) is 0 Å². The van der Waals surface area contributed by atoms with Gasteiger partial charge in [-0.25, -0.2) is 0 Å². The van der Waals surface area contributed by atoms with Gasteiger partial charge in [0.2, 0.25) is 0 Å². The Labute approximate surface area is 88.1 Å². The van der Waals surface area contributed by atoms with Crippen molar-refractivity contribution in [2.24, 2.45) is 5.92 Å². The van der Waals surface area contributed by atoms with Crippen LogP contribution in [-0.2, 0) is 0 Å². The standard InChI is InChI=1S/C12H25NO/c1-3-10(4-2)9-13-11-7-5-6-8-12(11)14/h10-14H,3-9H2,1-2H3. The van der Waals surface area contributed by atoms with Crippen molar-refractivity contribution in [3.8, 4) is 0 Å². The van der Waals surface area contributed by atoms with E-state index < -0.39 is 0 Å². The third-order valence-corrected chi connectivity index (χ3v) is 3.55. The minimum atomic E-state index is -0.0990. The molecule has 2 heteroatoms. The van der Waals surface area contributed by atoms with E-state index in [9.17, 15) is 5.11 Å². The van der Waals surface area contributed by atoms with Gasteiger partial charge in [0.05, 0.1) is 6.10 Å². The number of nitrogens with one attached hydrogen (secondary N) is 1. The lowest BCUT2D eigenvalue weighted by Gasteiger charge is -2.29. The zero-order chi connectivity index (χ0) is 10.4. The van der Waals surface area contributed by atoms with E-state index in [0.29, 0.717) is 6.04 Å². The molecule has 0 aromatic heterocycles. The summed E-state index contributed by atoms with van der Waals surface area (Å²) in [5, 5.41) is 13.3. The quantitative estimate of drug-likeness (QED) is 0.712. The van der Waals surface area contributed by atoms with Crippen molar-refractivity contribution in [3.63, 3.8) is 0 Å². The fourth-order valence-corrected chi connectivity index (χ4v) is 2.24. The van der Waals surface area contributed by atoms with Crippen LogP contribution >= 0.6 is 0 Å². The van der Waals surface area contributed by atoms with Crippen LogP contribution in [0.2, 0.25) is 0 Å². The molecule has 0 spiro atoms. The summed E-state index contributed by atoms with van der Waals surface area (Å²) in [7, 11) is 0. The first-order valence-electron chi connectivity index (χ1n) is 6.19. The molecule has 1 aliphatic carbocycles. The second-order valence-electron chi connectivity index (χ2n) is 4.55. The van der Waals surface area contributed by atoms with Crippen LogP contribution in [0.3, 0.4) is 0 Å². The Morgan fingerprint density at radius 2 is 1.86 bits per heavy atom. The van der Waals surface area contributed by atoms with Crippen molar-refractivity contribution in [2.45, 2.75) is 64.5 Å². The molecule has 1 saturated carbocycles. The lowest BCUT2D eigenvalue weighted by Crippen LogP contribution is -2.43. The molecule has 2 unspecified atom stereocenters. The lowest BCUT2D eigenvalue weighted by atomic mass is 9.92. The van der Waals surface area contributed by atoms with Crippen LogP contribution in [0.15, 0.2) is 0 Å². The summed E-state index contributed by atoms with van der Waals surface area (Å²) in [5.41, 5.74) is 0. The Balaban J connectivity index is 2.21. The number of aliphatic hydroxyl groups is 1. The van der Waals surface area contributed by atoms with Gasteiger partial charge in [0.1, 0.15) is 0 Å². The highest BCUT2D eigenvalue weighted by molar-refractivity contribution is 4.80. The SMILES string of the molecule is CCC(CC)CNC1CCCCC1O. The van der Waals surface area contributed by atoms with Crippen molar-refractivity contribution in [3.05, 3.63) is 0 Å². The average Bonchev–Trinajstić information content (AvgIpc) is 2.22.